The van der Waals surface area contributed by atoms with Crippen molar-refractivity contribution >= 4 is 39.5 Å². The van der Waals surface area contributed by atoms with Gasteiger partial charge in [-0.1, -0.05) is 362 Å². The van der Waals surface area contributed by atoms with Gasteiger partial charge >= 0.3 is 39.5 Å². The number of hydrogen-bond acceptors (Lipinski definition) is 15. The Bertz CT molecular complexity index is 1860. The van der Waals surface area contributed by atoms with Gasteiger partial charge < -0.3 is 33.8 Å². The van der Waals surface area contributed by atoms with Gasteiger partial charge in [0.05, 0.1) is 26.4 Å². The first-order valence-electron chi connectivity index (χ1n) is 40.7. The molecular weight excluding hydrogens is 1270 g/mol. The molecule has 576 valence electrons. The molecule has 0 fully saturated rings. The molecule has 0 aliphatic heterocycles. The lowest BCUT2D eigenvalue weighted by Gasteiger charge is -2.21. The summed E-state index contributed by atoms with van der Waals surface area (Å²) in [6, 6.07) is 0. The van der Waals surface area contributed by atoms with E-state index in [0.717, 1.165) is 95.8 Å². The van der Waals surface area contributed by atoms with Crippen LogP contribution in [0.15, 0.2) is 0 Å². The van der Waals surface area contributed by atoms with Crippen LogP contribution in [0.1, 0.15) is 413 Å². The van der Waals surface area contributed by atoms with Gasteiger partial charge in [0, 0.05) is 25.7 Å². The van der Waals surface area contributed by atoms with E-state index in [2.05, 4.69) is 34.6 Å². The van der Waals surface area contributed by atoms with Crippen LogP contribution in [0.3, 0.4) is 0 Å². The highest BCUT2D eigenvalue weighted by Gasteiger charge is 2.30. The van der Waals surface area contributed by atoms with Crippen molar-refractivity contribution in [3.05, 3.63) is 0 Å². The Morgan fingerprint density at radius 2 is 0.495 bits per heavy atom. The maximum atomic E-state index is 13.1. The Balaban J connectivity index is 5.25. The van der Waals surface area contributed by atoms with Crippen molar-refractivity contribution < 1.29 is 80.2 Å². The van der Waals surface area contributed by atoms with Gasteiger partial charge in [-0.25, -0.2) is 9.13 Å². The van der Waals surface area contributed by atoms with Crippen molar-refractivity contribution in [2.45, 2.75) is 432 Å². The van der Waals surface area contributed by atoms with Gasteiger partial charge in [-0.05, 0) is 31.6 Å². The molecule has 0 radical (unpaired) electrons. The minimum absolute atomic E-state index is 0.108. The molecule has 0 aromatic heterocycles. The summed E-state index contributed by atoms with van der Waals surface area (Å²) in [4.78, 5) is 72.9. The Morgan fingerprint density at radius 3 is 0.732 bits per heavy atom. The molecule has 0 aromatic rings. The molecule has 0 saturated heterocycles. The summed E-state index contributed by atoms with van der Waals surface area (Å²) in [6.07, 6.45) is 60.7. The molecule has 0 spiro atoms. The molecule has 17 nitrogen and oxygen atoms in total. The largest absolute Gasteiger partial charge is 0.472 e. The van der Waals surface area contributed by atoms with E-state index in [-0.39, 0.29) is 25.7 Å². The lowest BCUT2D eigenvalue weighted by atomic mass is 9.99. The fraction of sp³-hybridized carbons (Fsp3) is 0.949. The van der Waals surface area contributed by atoms with Crippen LogP contribution in [0.4, 0.5) is 0 Å². The zero-order chi connectivity index (χ0) is 71.2. The summed E-state index contributed by atoms with van der Waals surface area (Å²) in [5.74, 6) is -1.26. The average molecular weight is 1420 g/mol. The number of phosphoric ester groups is 2. The molecule has 19 heteroatoms. The summed E-state index contributed by atoms with van der Waals surface area (Å²) in [5, 5.41) is 10.6. The van der Waals surface area contributed by atoms with Crippen molar-refractivity contribution in [2.75, 3.05) is 39.6 Å². The smallest absolute Gasteiger partial charge is 0.462 e. The average Bonchev–Trinajstić information content (AvgIpc) is 1.39. The van der Waals surface area contributed by atoms with Crippen LogP contribution in [0.5, 0.6) is 0 Å². The SMILES string of the molecule is CCCCCCCCCCCCCCCCC(=O)OC[C@H](COP(=O)(O)OC[C@@H](O)COP(=O)(O)OC[C@@H](COC(=O)CCCCCCCCCCCCC)OC(=O)CCCCCCCCCCCCCCCC)OC(=O)CCCCCCCCCCCCCCCCC(C)CC. The standard InChI is InChI=1S/C78H152O17P2/c1-6-10-13-16-19-22-25-27-32-37-42-47-52-57-62-76(81)89-68-74(95-78(83)64-59-54-49-44-39-34-30-29-31-36-40-45-50-55-60-71(5)9-4)70-93-97(86,87)91-66-72(79)65-90-96(84,85)92-69-73(67-88-75(80)61-56-51-46-41-35-24-21-18-15-12-8-3)94-77(82)63-58-53-48-43-38-33-28-26-23-20-17-14-11-7-2/h71-74,79H,6-70H2,1-5H3,(H,84,85)(H,86,87)/t71?,72-,73+,74+/m0/s1. The van der Waals surface area contributed by atoms with Crippen LogP contribution in [-0.4, -0.2) is 96.7 Å². The second kappa shape index (κ2) is 71.1. The normalized spacial score (nSPS) is 14.2. The summed E-state index contributed by atoms with van der Waals surface area (Å²) >= 11 is 0. The van der Waals surface area contributed by atoms with Crippen LogP contribution in [0.25, 0.3) is 0 Å². The summed E-state index contributed by atoms with van der Waals surface area (Å²) in [6.45, 7) is 7.37. The second-order valence-electron chi connectivity index (χ2n) is 28.3. The number of hydrogen-bond donors (Lipinski definition) is 3. The van der Waals surface area contributed by atoms with Crippen LogP contribution < -0.4 is 0 Å². The Labute approximate surface area is 594 Å². The highest BCUT2D eigenvalue weighted by Crippen LogP contribution is 2.45. The monoisotopic (exact) mass is 1420 g/mol. The first-order valence-corrected chi connectivity index (χ1v) is 43.7. The molecular formula is C78H152O17P2. The molecule has 6 atom stereocenters. The van der Waals surface area contributed by atoms with Crippen molar-refractivity contribution in [3.63, 3.8) is 0 Å². The van der Waals surface area contributed by atoms with E-state index in [9.17, 15) is 43.2 Å². The molecule has 3 N–H and O–H groups in total. The van der Waals surface area contributed by atoms with E-state index in [1.807, 2.05) is 0 Å². The van der Waals surface area contributed by atoms with E-state index in [1.165, 1.54) is 238 Å². The molecule has 0 aromatic carbocycles. The number of rotatable bonds is 78. The van der Waals surface area contributed by atoms with Gasteiger partial charge in [0.1, 0.15) is 19.3 Å². The third kappa shape index (κ3) is 70.9. The predicted molar refractivity (Wildman–Crippen MR) is 395 cm³/mol. The topological polar surface area (TPSA) is 237 Å². The number of carbonyl (C=O) groups is 4. The number of phosphoric acid groups is 2. The molecule has 0 bridgehead atoms. The van der Waals surface area contributed by atoms with Crippen LogP contribution in [0.2, 0.25) is 0 Å². The van der Waals surface area contributed by atoms with E-state index < -0.39 is 97.5 Å². The third-order valence-electron chi connectivity index (χ3n) is 18.6. The number of aliphatic hydroxyl groups is 1. The van der Waals surface area contributed by atoms with Gasteiger partial charge in [-0.2, -0.15) is 0 Å². The Kier molecular flexibility index (Phi) is 69.6. The lowest BCUT2D eigenvalue weighted by molar-refractivity contribution is -0.161. The van der Waals surface area contributed by atoms with Gasteiger partial charge in [0.15, 0.2) is 12.2 Å². The van der Waals surface area contributed by atoms with Crippen LogP contribution in [0, 0.1) is 5.92 Å². The summed E-state index contributed by atoms with van der Waals surface area (Å²) < 4.78 is 68.6. The third-order valence-corrected chi connectivity index (χ3v) is 20.5. The fourth-order valence-electron chi connectivity index (χ4n) is 12.0. The van der Waals surface area contributed by atoms with E-state index in [4.69, 9.17) is 37.0 Å². The molecule has 0 rings (SSSR count). The van der Waals surface area contributed by atoms with Crippen molar-refractivity contribution in [3.8, 4) is 0 Å². The zero-order valence-corrected chi connectivity index (χ0v) is 65.0. The van der Waals surface area contributed by atoms with E-state index in [0.29, 0.717) is 25.7 Å². The second-order valence-corrected chi connectivity index (χ2v) is 31.3. The van der Waals surface area contributed by atoms with Crippen molar-refractivity contribution in [1.82, 2.24) is 0 Å². The molecule has 0 saturated carbocycles. The maximum Gasteiger partial charge on any atom is 0.472 e. The number of aliphatic hydroxyl groups excluding tert-OH is 1. The molecule has 0 aliphatic carbocycles. The number of unbranched alkanes of at least 4 members (excludes halogenated alkanes) is 49. The molecule has 97 heavy (non-hydrogen) atoms. The predicted octanol–water partition coefficient (Wildman–Crippen LogP) is 23.3. The van der Waals surface area contributed by atoms with E-state index >= 15 is 0 Å². The first-order chi connectivity index (χ1) is 47.1. The van der Waals surface area contributed by atoms with Crippen LogP contribution >= 0.6 is 15.6 Å². The molecule has 0 heterocycles. The minimum atomic E-state index is -4.96. The molecule has 0 amide bonds. The summed E-state index contributed by atoms with van der Waals surface area (Å²) in [7, 11) is -9.91. The van der Waals surface area contributed by atoms with Gasteiger partial charge in [0.25, 0.3) is 0 Å². The number of ether oxygens (including phenoxy) is 4. The van der Waals surface area contributed by atoms with E-state index in [1.54, 1.807) is 0 Å². The maximum absolute atomic E-state index is 13.1. The Morgan fingerprint density at radius 1 is 0.289 bits per heavy atom. The number of esters is 4. The first kappa shape index (κ1) is 95.1. The van der Waals surface area contributed by atoms with Gasteiger partial charge in [-0.15, -0.1) is 0 Å². The van der Waals surface area contributed by atoms with Crippen molar-refractivity contribution in [1.29, 1.82) is 0 Å². The quantitative estimate of drug-likeness (QED) is 0.0222. The summed E-state index contributed by atoms with van der Waals surface area (Å²) in [5.41, 5.74) is 0. The number of carbonyl (C=O) groups excluding carboxylic acids is 4. The highest BCUT2D eigenvalue weighted by atomic mass is 31.2. The van der Waals surface area contributed by atoms with Crippen LogP contribution in [-0.2, 0) is 65.4 Å². The molecule has 3 unspecified atom stereocenters. The van der Waals surface area contributed by atoms with Gasteiger partial charge in [-0.3, -0.25) is 37.3 Å². The molecule has 0 aliphatic rings. The fourth-order valence-corrected chi connectivity index (χ4v) is 13.6. The highest BCUT2D eigenvalue weighted by molar-refractivity contribution is 7.47. The zero-order valence-electron chi connectivity index (χ0n) is 63.2. The lowest BCUT2D eigenvalue weighted by Crippen LogP contribution is -2.30. The van der Waals surface area contributed by atoms with Crippen molar-refractivity contribution in [2.24, 2.45) is 5.92 Å². The van der Waals surface area contributed by atoms with Gasteiger partial charge in [0.2, 0.25) is 0 Å². The minimum Gasteiger partial charge on any atom is -0.462 e. The Hall–Kier alpha value is -1.94.